The summed E-state index contributed by atoms with van der Waals surface area (Å²) in [4.78, 5) is 17.5. The minimum Gasteiger partial charge on any atom is -0.444 e. The Morgan fingerprint density at radius 3 is 2.67 bits per heavy atom. The molecule has 4 aromatic rings. The van der Waals surface area contributed by atoms with Gasteiger partial charge in [-0.05, 0) is 55.7 Å². The number of para-hydroxylation sites is 1. The lowest BCUT2D eigenvalue weighted by molar-refractivity contribution is 0.572. The molecule has 2 aromatic heterocycles. The third-order valence-corrected chi connectivity index (χ3v) is 6.80. The molecule has 0 fully saturated rings. The number of rotatable bonds is 4. The molecule has 0 unspecified atom stereocenters. The van der Waals surface area contributed by atoms with Crippen LogP contribution in [0.1, 0.15) is 17.5 Å². The molecule has 9 heteroatoms. The van der Waals surface area contributed by atoms with Crippen molar-refractivity contribution in [2.75, 3.05) is 18.1 Å². The van der Waals surface area contributed by atoms with Crippen molar-refractivity contribution in [2.24, 2.45) is 0 Å². The summed E-state index contributed by atoms with van der Waals surface area (Å²) < 4.78 is 31.5. The first-order valence-electron chi connectivity index (χ1n) is 10.5. The molecule has 1 N–H and O–H groups in total. The number of nitrogens with zero attached hydrogens (tertiary/aromatic N) is 3. The predicted octanol–water partition coefficient (Wildman–Crippen LogP) is 3.62. The van der Waals surface area contributed by atoms with Crippen molar-refractivity contribution in [3.05, 3.63) is 76.5 Å². The monoisotopic (exact) mass is 462 g/mol. The molecule has 0 amide bonds. The molecule has 8 nitrogen and oxygen atoms in total. The van der Waals surface area contributed by atoms with Gasteiger partial charge in [-0.25, -0.2) is 13.4 Å². The second-order valence-corrected chi connectivity index (χ2v) is 10.1. The standard InChI is InChI=1S/C24H22N4O4S/c1-15-10-16(20-13-25-14-32-20)12-17(11-15)22-18-6-5-9-26-23(18)24(29)28(27-22)19-7-3-4-8-21(19)33(2,30)31/h3-4,7-8,10-14,26H,5-6,9H2,1-2H3. The zero-order valence-corrected chi connectivity index (χ0v) is 19.0. The molecular weight excluding hydrogens is 440 g/mol. The van der Waals surface area contributed by atoms with Gasteiger partial charge in [0.1, 0.15) is 5.69 Å². The fraction of sp³-hybridized carbons (Fsp3) is 0.208. The van der Waals surface area contributed by atoms with Gasteiger partial charge in [0.15, 0.2) is 22.0 Å². The maximum atomic E-state index is 13.4. The summed E-state index contributed by atoms with van der Waals surface area (Å²) >= 11 is 0. The number of fused-ring (bicyclic) bond motifs is 1. The minimum atomic E-state index is -3.58. The van der Waals surface area contributed by atoms with Gasteiger partial charge in [-0.3, -0.25) is 4.79 Å². The van der Waals surface area contributed by atoms with Crippen LogP contribution >= 0.6 is 0 Å². The topological polar surface area (TPSA) is 107 Å². The van der Waals surface area contributed by atoms with Gasteiger partial charge in [0.05, 0.1) is 22.5 Å². The number of benzene rings is 2. The van der Waals surface area contributed by atoms with E-state index in [-0.39, 0.29) is 16.1 Å². The van der Waals surface area contributed by atoms with Crippen LogP contribution in [0.4, 0.5) is 5.69 Å². The van der Waals surface area contributed by atoms with Crippen molar-refractivity contribution in [3.63, 3.8) is 0 Å². The summed E-state index contributed by atoms with van der Waals surface area (Å²) in [5, 5.41) is 7.93. The van der Waals surface area contributed by atoms with Crippen LogP contribution in [0.2, 0.25) is 0 Å². The number of oxazole rings is 1. The van der Waals surface area contributed by atoms with Crippen molar-refractivity contribution >= 4 is 15.5 Å². The summed E-state index contributed by atoms with van der Waals surface area (Å²) in [6, 6.07) is 12.3. The maximum absolute atomic E-state index is 13.4. The van der Waals surface area contributed by atoms with E-state index in [9.17, 15) is 13.2 Å². The number of hydrogen-bond donors (Lipinski definition) is 1. The molecule has 5 rings (SSSR count). The van der Waals surface area contributed by atoms with Gasteiger partial charge in [0.2, 0.25) is 0 Å². The number of hydrogen-bond acceptors (Lipinski definition) is 7. The van der Waals surface area contributed by atoms with E-state index in [4.69, 9.17) is 9.52 Å². The van der Waals surface area contributed by atoms with Crippen molar-refractivity contribution in [1.29, 1.82) is 0 Å². The lowest BCUT2D eigenvalue weighted by Gasteiger charge is -2.22. The van der Waals surface area contributed by atoms with Crippen LogP contribution in [0.3, 0.4) is 0 Å². The highest BCUT2D eigenvalue weighted by Gasteiger charge is 2.24. The SMILES string of the molecule is Cc1cc(-c2cnco2)cc(-c2nn(-c3ccccc3S(C)(=O)=O)c(=O)c3c2CCCN3)c1. The van der Waals surface area contributed by atoms with E-state index >= 15 is 0 Å². The number of anilines is 1. The lowest BCUT2D eigenvalue weighted by atomic mass is 9.96. The molecule has 2 aromatic carbocycles. The third kappa shape index (κ3) is 3.84. The molecule has 1 aliphatic heterocycles. The Kier molecular flexibility index (Phi) is 5.13. The molecule has 33 heavy (non-hydrogen) atoms. The largest absolute Gasteiger partial charge is 0.444 e. The maximum Gasteiger partial charge on any atom is 0.295 e. The van der Waals surface area contributed by atoms with Gasteiger partial charge in [-0.1, -0.05) is 12.1 Å². The van der Waals surface area contributed by atoms with Crippen LogP contribution in [-0.4, -0.2) is 36.0 Å². The Labute approximate surface area is 190 Å². The Balaban J connectivity index is 1.80. The fourth-order valence-electron chi connectivity index (χ4n) is 4.22. The number of aryl methyl sites for hydroxylation is 1. The molecule has 3 heterocycles. The van der Waals surface area contributed by atoms with Gasteiger partial charge in [-0.15, -0.1) is 0 Å². The van der Waals surface area contributed by atoms with E-state index in [2.05, 4.69) is 10.3 Å². The normalized spacial score (nSPS) is 13.4. The van der Waals surface area contributed by atoms with E-state index in [0.29, 0.717) is 30.1 Å². The first-order valence-corrected chi connectivity index (χ1v) is 12.4. The predicted molar refractivity (Wildman–Crippen MR) is 125 cm³/mol. The summed E-state index contributed by atoms with van der Waals surface area (Å²) in [5.41, 5.74) is 4.42. The quantitative estimate of drug-likeness (QED) is 0.493. The molecule has 168 valence electrons. The Bertz CT molecular complexity index is 1520. The van der Waals surface area contributed by atoms with Crippen molar-refractivity contribution < 1.29 is 12.8 Å². The second-order valence-electron chi connectivity index (χ2n) is 8.14. The summed E-state index contributed by atoms with van der Waals surface area (Å²) in [6.45, 7) is 2.64. The minimum absolute atomic E-state index is 0.0490. The van der Waals surface area contributed by atoms with E-state index in [0.717, 1.165) is 34.9 Å². The Morgan fingerprint density at radius 1 is 1.12 bits per heavy atom. The van der Waals surface area contributed by atoms with Gasteiger partial charge in [0.25, 0.3) is 5.56 Å². The Hall–Kier alpha value is -3.72. The highest BCUT2D eigenvalue weighted by molar-refractivity contribution is 7.90. The average Bonchev–Trinajstić information content (AvgIpc) is 3.34. The molecule has 0 saturated carbocycles. The van der Waals surface area contributed by atoms with Crippen molar-refractivity contribution in [2.45, 2.75) is 24.7 Å². The summed E-state index contributed by atoms with van der Waals surface area (Å²) in [7, 11) is -3.58. The lowest BCUT2D eigenvalue weighted by Crippen LogP contribution is -2.30. The van der Waals surface area contributed by atoms with E-state index in [1.54, 1.807) is 24.4 Å². The molecule has 0 saturated heterocycles. The van der Waals surface area contributed by atoms with Crippen molar-refractivity contribution in [1.82, 2.24) is 14.8 Å². The highest BCUT2D eigenvalue weighted by atomic mass is 32.2. The third-order valence-electron chi connectivity index (χ3n) is 5.66. The molecule has 0 aliphatic carbocycles. The van der Waals surface area contributed by atoms with Crippen LogP contribution in [0, 0.1) is 6.92 Å². The second kappa shape index (κ2) is 8.00. The van der Waals surface area contributed by atoms with E-state index in [1.165, 1.54) is 17.1 Å². The molecular formula is C24H22N4O4S. The summed E-state index contributed by atoms with van der Waals surface area (Å²) in [6.07, 6.45) is 5.71. The zero-order chi connectivity index (χ0) is 23.2. The first kappa shape index (κ1) is 21.1. The van der Waals surface area contributed by atoms with Crippen molar-refractivity contribution in [3.8, 4) is 28.3 Å². The Morgan fingerprint density at radius 2 is 1.91 bits per heavy atom. The average molecular weight is 463 g/mol. The number of sulfone groups is 1. The molecule has 0 radical (unpaired) electrons. The van der Waals surface area contributed by atoms with Crippen LogP contribution in [-0.2, 0) is 16.3 Å². The number of nitrogens with one attached hydrogen (secondary N) is 1. The van der Waals surface area contributed by atoms with Crippen LogP contribution in [0.25, 0.3) is 28.3 Å². The van der Waals surface area contributed by atoms with Gasteiger partial charge >= 0.3 is 0 Å². The van der Waals surface area contributed by atoms with Crippen LogP contribution in [0.5, 0.6) is 0 Å². The van der Waals surface area contributed by atoms with Gasteiger partial charge in [-0.2, -0.15) is 9.78 Å². The van der Waals surface area contributed by atoms with E-state index in [1.807, 2.05) is 25.1 Å². The zero-order valence-electron chi connectivity index (χ0n) is 18.2. The van der Waals surface area contributed by atoms with Crippen LogP contribution < -0.4 is 10.9 Å². The smallest absolute Gasteiger partial charge is 0.295 e. The molecule has 0 spiro atoms. The molecule has 1 aliphatic rings. The fourth-order valence-corrected chi connectivity index (χ4v) is 5.08. The number of aromatic nitrogens is 3. The van der Waals surface area contributed by atoms with Crippen LogP contribution in [0.15, 0.2) is 69.2 Å². The summed E-state index contributed by atoms with van der Waals surface area (Å²) in [5.74, 6) is 0.627. The van der Waals surface area contributed by atoms with Gasteiger partial charge in [0, 0.05) is 29.5 Å². The van der Waals surface area contributed by atoms with E-state index < -0.39 is 9.84 Å². The highest BCUT2D eigenvalue weighted by Crippen LogP contribution is 2.33. The molecule has 0 bridgehead atoms. The molecule has 0 atom stereocenters. The van der Waals surface area contributed by atoms with Gasteiger partial charge < -0.3 is 9.73 Å². The first-order chi connectivity index (χ1) is 15.8.